The van der Waals surface area contributed by atoms with E-state index in [0.717, 1.165) is 6.92 Å². The molecule has 340 valence electrons. The molecule has 0 saturated heterocycles. The number of fused-ring (bicyclic) bond motifs is 7. The summed E-state index contributed by atoms with van der Waals surface area (Å²) in [6, 6.07) is 1.10. The average molecular weight is 919 g/mol. The van der Waals surface area contributed by atoms with Crippen LogP contribution in [0.4, 0.5) is 0 Å². The fraction of sp³-hybridized carbons (Fsp3) is 0.146. The zero-order chi connectivity index (χ0) is 48.0. The monoisotopic (exact) mass is 918 g/mol. The lowest BCUT2D eigenvalue weighted by molar-refractivity contribution is -0.195. The number of ether oxygens (including phenoxy) is 5. The highest BCUT2D eigenvalue weighted by Gasteiger charge is 2.56. The van der Waals surface area contributed by atoms with Gasteiger partial charge in [0.2, 0.25) is 29.1 Å². The molecule has 0 saturated carbocycles. The smallest absolute Gasteiger partial charge is 0.342 e. The van der Waals surface area contributed by atoms with Gasteiger partial charge >= 0.3 is 29.8 Å². The normalized spacial score (nSPS) is 20.5. The average Bonchev–Trinajstić information content (AvgIpc) is 3.28. The molecule has 5 aromatic rings. The molecule has 0 aliphatic carbocycles. The molecule has 5 aliphatic heterocycles. The summed E-state index contributed by atoms with van der Waals surface area (Å²) < 4.78 is 27.8. The summed E-state index contributed by atoms with van der Waals surface area (Å²) in [5.41, 5.74) is -14.5. The fourth-order valence-electron chi connectivity index (χ4n) is 8.38. The van der Waals surface area contributed by atoms with Gasteiger partial charge in [0.15, 0.2) is 69.7 Å². The maximum Gasteiger partial charge on any atom is 0.342 e. The summed E-state index contributed by atoms with van der Waals surface area (Å²) in [6.45, 7) is 0.935. The van der Waals surface area contributed by atoms with Crippen molar-refractivity contribution in [2.24, 2.45) is 0 Å². The molecule has 25 heteroatoms. The molecule has 0 amide bonds. The van der Waals surface area contributed by atoms with Crippen LogP contribution in [0.3, 0.4) is 0 Å². The summed E-state index contributed by atoms with van der Waals surface area (Å²) in [4.78, 5) is 72.7. The molecule has 15 N–H and O–H groups in total. The molecular formula is C41H26O25. The lowest BCUT2D eigenvalue weighted by Crippen LogP contribution is -2.56. The number of phenols is 14. The minimum atomic E-state index is -3.01. The van der Waals surface area contributed by atoms with Crippen molar-refractivity contribution in [2.45, 2.75) is 37.6 Å². The first-order valence-corrected chi connectivity index (χ1v) is 18.5. The second kappa shape index (κ2) is 13.8. The fourth-order valence-corrected chi connectivity index (χ4v) is 8.38. The van der Waals surface area contributed by atoms with Crippen LogP contribution in [0.2, 0.25) is 0 Å². The molecule has 5 heterocycles. The van der Waals surface area contributed by atoms with E-state index in [0.29, 0.717) is 18.2 Å². The minimum absolute atomic E-state index is 0.355. The first-order valence-electron chi connectivity index (χ1n) is 18.5. The van der Waals surface area contributed by atoms with Crippen LogP contribution in [0.25, 0.3) is 33.4 Å². The number of aliphatic hydroxyl groups is 1. The number of aliphatic hydroxyl groups excluding tert-OH is 1. The number of esters is 5. The number of benzene rings is 5. The predicted molar refractivity (Wildman–Crippen MR) is 204 cm³/mol. The van der Waals surface area contributed by atoms with E-state index < -0.39 is 213 Å². The van der Waals surface area contributed by atoms with Crippen LogP contribution in [-0.4, -0.2) is 131 Å². The molecule has 6 bridgehead atoms. The molecule has 0 fully saturated rings. The van der Waals surface area contributed by atoms with Gasteiger partial charge in [-0.2, -0.15) is 0 Å². The van der Waals surface area contributed by atoms with Crippen molar-refractivity contribution in [3.63, 3.8) is 0 Å². The Balaban J connectivity index is 1.46. The number of aromatic hydroxyl groups is 14. The standard InChI is InChI=1S/C41H26O25/c1-5-12-13-6(2-9(42)22(46)25(13)49)37(58)65-41-35(64-36(57)7-3-10(43)23(47)26(50)14(7)15-8(38(59)66-41)4-11(44)24(48)27(15)51)34-33-31(55)20-19(40(61)62-33)17(29(53)32(56)30(20)54)16(28(52)21(5)45)18(12)39(60)63-34/h2-4,31,33-35,41-56H,1H3/t31-,33+,34-,35-,41+/m0/s1. The van der Waals surface area contributed by atoms with Crippen LogP contribution in [0.15, 0.2) is 18.2 Å². The third kappa shape index (κ3) is 5.39. The third-order valence-corrected chi connectivity index (χ3v) is 11.4. The van der Waals surface area contributed by atoms with Gasteiger partial charge in [0.1, 0.15) is 6.10 Å². The maximum atomic E-state index is 15.0. The van der Waals surface area contributed by atoms with Crippen LogP contribution in [-0.2, 0) is 23.7 Å². The van der Waals surface area contributed by atoms with Gasteiger partial charge in [-0.25, -0.2) is 24.0 Å². The van der Waals surface area contributed by atoms with Gasteiger partial charge in [0.05, 0.1) is 27.8 Å². The van der Waals surface area contributed by atoms with Crippen molar-refractivity contribution in [1.82, 2.24) is 0 Å². The summed E-state index contributed by atoms with van der Waals surface area (Å²) in [7, 11) is 0. The minimum Gasteiger partial charge on any atom is -0.504 e. The Labute approximate surface area is 362 Å². The Kier molecular flexibility index (Phi) is 8.77. The lowest BCUT2D eigenvalue weighted by Gasteiger charge is -2.40. The lowest BCUT2D eigenvalue weighted by atomic mass is 9.79. The Bertz CT molecular complexity index is 3170. The summed E-state index contributed by atoms with van der Waals surface area (Å²) in [5.74, 6) is -29.4. The largest absolute Gasteiger partial charge is 0.504 e. The van der Waals surface area contributed by atoms with Gasteiger partial charge in [-0.05, 0) is 25.1 Å². The molecular weight excluding hydrogens is 892 g/mol. The number of hydrogen-bond acceptors (Lipinski definition) is 25. The topological polar surface area (TPSA) is 435 Å². The van der Waals surface area contributed by atoms with E-state index in [1.807, 2.05) is 0 Å². The van der Waals surface area contributed by atoms with E-state index >= 15 is 4.79 Å². The predicted octanol–water partition coefficient (Wildman–Crippen LogP) is 1.88. The highest BCUT2D eigenvalue weighted by Crippen LogP contribution is 2.60. The maximum absolute atomic E-state index is 15.0. The van der Waals surface area contributed by atoms with Gasteiger partial charge in [-0.3, -0.25) is 0 Å². The van der Waals surface area contributed by atoms with Crippen molar-refractivity contribution < 1.29 is 124 Å². The Morgan fingerprint density at radius 1 is 0.348 bits per heavy atom. The van der Waals surface area contributed by atoms with Crippen molar-refractivity contribution in [1.29, 1.82) is 0 Å². The second-order valence-corrected chi connectivity index (χ2v) is 14.9. The highest BCUT2D eigenvalue weighted by molar-refractivity contribution is 6.16. The van der Waals surface area contributed by atoms with E-state index in [4.69, 9.17) is 23.7 Å². The van der Waals surface area contributed by atoms with Crippen molar-refractivity contribution in [3.8, 4) is 114 Å². The first-order chi connectivity index (χ1) is 31.0. The summed E-state index contributed by atoms with van der Waals surface area (Å²) in [5, 5.41) is 166. The summed E-state index contributed by atoms with van der Waals surface area (Å²) in [6.07, 6.45) is -14.0. The molecule has 0 unspecified atom stereocenters. The van der Waals surface area contributed by atoms with Gasteiger partial charge in [-0.15, -0.1) is 0 Å². The van der Waals surface area contributed by atoms with Gasteiger partial charge < -0.3 is 100 Å². The van der Waals surface area contributed by atoms with Gasteiger partial charge in [-0.1, -0.05) is 0 Å². The SMILES string of the molecule is Cc1c(O)c(O)c2c3c1-c1c(cc(O)c(O)c1O)C(=O)O[C@@H]1OC(=O)c4cc(O)c(O)c(O)c4-c4c(cc(O)c(O)c4O)C(=O)O[C@H]1[C@@H](OC3=O)[C@@H]1OC(=O)c3c-2c(O)c(O)c(O)c3[C@@H]1O. The zero-order valence-electron chi connectivity index (χ0n) is 32.4. The number of carbonyl (C=O) groups excluding carboxylic acids is 5. The zero-order valence-corrected chi connectivity index (χ0v) is 32.4. The van der Waals surface area contributed by atoms with Crippen LogP contribution < -0.4 is 0 Å². The molecule has 25 nitrogen and oxygen atoms in total. The van der Waals surface area contributed by atoms with Crippen LogP contribution in [0.1, 0.15) is 69.0 Å². The number of phenolic OH excluding ortho intramolecular Hbond substituents is 14. The number of rotatable bonds is 0. The van der Waals surface area contributed by atoms with E-state index in [-0.39, 0.29) is 0 Å². The van der Waals surface area contributed by atoms with Crippen LogP contribution in [0.5, 0.6) is 80.5 Å². The molecule has 0 aromatic heterocycles. The van der Waals surface area contributed by atoms with Gasteiger partial charge in [0.25, 0.3) is 6.29 Å². The molecule has 5 aromatic carbocycles. The Morgan fingerprint density at radius 3 is 1.20 bits per heavy atom. The first kappa shape index (κ1) is 41.9. The molecule has 66 heavy (non-hydrogen) atoms. The molecule has 0 spiro atoms. The van der Waals surface area contributed by atoms with Crippen LogP contribution in [0, 0.1) is 6.92 Å². The quantitative estimate of drug-likeness (QED) is 0.0599. The second-order valence-electron chi connectivity index (χ2n) is 14.9. The van der Waals surface area contributed by atoms with Crippen molar-refractivity contribution in [2.75, 3.05) is 0 Å². The van der Waals surface area contributed by atoms with Crippen LogP contribution >= 0.6 is 0 Å². The summed E-state index contributed by atoms with van der Waals surface area (Å²) >= 11 is 0. The van der Waals surface area contributed by atoms with Gasteiger partial charge in [0, 0.05) is 44.5 Å². The Morgan fingerprint density at radius 2 is 0.712 bits per heavy atom. The third-order valence-electron chi connectivity index (χ3n) is 11.4. The van der Waals surface area contributed by atoms with E-state index in [1.54, 1.807) is 0 Å². The molecule has 0 radical (unpaired) electrons. The van der Waals surface area contributed by atoms with Crippen molar-refractivity contribution >= 4 is 29.8 Å². The number of hydrogen-bond donors (Lipinski definition) is 15. The molecule has 5 atom stereocenters. The molecule has 5 aliphatic rings. The molecule has 10 rings (SSSR count). The van der Waals surface area contributed by atoms with E-state index in [9.17, 15) is 95.8 Å². The van der Waals surface area contributed by atoms with E-state index in [2.05, 4.69) is 0 Å². The van der Waals surface area contributed by atoms with E-state index in [1.165, 1.54) is 0 Å². The van der Waals surface area contributed by atoms with Crippen molar-refractivity contribution in [3.05, 3.63) is 57.1 Å². The highest BCUT2D eigenvalue weighted by atomic mass is 16.7. The Hall–Kier alpha value is -9.39. The number of carbonyl (C=O) groups is 5.